The first kappa shape index (κ1) is 14.6. The number of anilines is 1. The number of nitrogens with zero attached hydrogens (tertiary/aromatic N) is 3. The summed E-state index contributed by atoms with van der Waals surface area (Å²) in [7, 11) is 1.97. The van der Waals surface area contributed by atoms with E-state index in [2.05, 4.69) is 47.6 Å². The molecular weight excluding hydrogens is 248 g/mol. The van der Waals surface area contributed by atoms with Crippen molar-refractivity contribution in [3.63, 3.8) is 0 Å². The van der Waals surface area contributed by atoms with E-state index in [1.165, 1.54) is 25.7 Å². The number of rotatable bonds is 7. The van der Waals surface area contributed by atoms with Gasteiger partial charge < -0.3 is 9.88 Å². The van der Waals surface area contributed by atoms with Crippen LogP contribution >= 0.6 is 0 Å². The fourth-order valence-corrected chi connectivity index (χ4v) is 2.54. The maximum atomic E-state index is 4.22. The highest BCUT2D eigenvalue weighted by Crippen LogP contribution is 2.27. The van der Waals surface area contributed by atoms with Crippen molar-refractivity contribution in [1.29, 1.82) is 0 Å². The molecule has 0 radical (unpaired) electrons. The largest absolute Gasteiger partial charge is 0.382 e. The summed E-state index contributed by atoms with van der Waals surface area (Å²) in [5.41, 5.74) is 2.26. The lowest BCUT2D eigenvalue weighted by atomic mass is 10.0. The summed E-state index contributed by atoms with van der Waals surface area (Å²) in [6.07, 6.45) is 6.53. The van der Waals surface area contributed by atoms with Gasteiger partial charge in [-0.1, -0.05) is 38.8 Å². The van der Waals surface area contributed by atoms with Gasteiger partial charge in [-0.15, -0.1) is 10.2 Å². The van der Waals surface area contributed by atoms with Crippen molar-refractivity contribution >= 4 is 5.69 Å². The number of aromatic nitrogens is 3. The molecule has 0 bridgehead atoms. The van der Waals surface area contributed by atoms with Crippen molar-refractivity contribution in [2.45, 2.75) is 45.6 Å². The molecule has 108 valence electrons. The molecule has 4 nitrogen and oxygen atoms in total. The van der Waals surface area contributed by atoms with Gasteiger partial charge in [-0.3, -0.25) is 0 Å². The fraction of sp³-hybridized carbons (Fsp3) is 0.500. The van der Waals surface area contributed by atoms with Crippen LogP contribution in [0.2, 0.25) is 0 Å². The van der Waals surface area contributed by atoms with Crippen LogP contribution in [0.4, 0.5) is 5.69 Å². The van der Waals surface area contributed by atoms with Crippen LogP contribution in [-0.4, -0.2) is 20.8 Å². The summed E-state index contributed by atoms with van der Waals surface area (Å²) in [6.45, 7) is 4.47. The molecule has 0 spiro atoms. The molecule has 1 aromatic heterocycles. The Hall–Kier alpha value is -1.84. The first-order valence-electron chi connectivity index (χ1n) is 7.46. The predicted molar refractivity (Wildman–Crippen MR) is 83.7 cm³/mol. The lowest BCUT2D eigenvalue weighted by Gasteiger charge is -2.20. The number of aryl methyl sites for hydroxylation is 1. The molecule has 0 fully saturated rings. The minimum Gasteiger partial charge on any atom is -0.382 e. The SMILES string of the molecule is CCCC(CCC)Nc1ccccc1-c1nncn1C. The Labute approximate surface area is 121 Å². The Morgan fingerprint density at radius 2 is 1.85 bits per heavy atom. The first-order valence-corrected chi connectivity index (χ1v) is 7.46. The van der Waals surface area contributed by atoms with Gasteiger partial charge in [0, 0.05) is 24.3 Å². The Kier molecular flexibility index (Phi) is 5.16. The molecule has 0 saturated heterocycles. The average molecular weight is 272 g/mol. The zero-order chi connectivity index (χ0) is 14.4. The summed E-state index contributed by atoms with van der Waals surface area (Å²) >= 11 is 0. The molecule has 0 aliphatic carbocycles. The third-order valence-corrected chi connectivity index (χ3v) is 3.51. The van der Waals surface area contributed by atoms with Gasteiger partial charge >= 0.3 is 0 Å². The summed E-state index contributed by atoms with van der Waals surface area (Å²) in [5.74, 6) is 0.903. The zero-order valence-electron chi connectivity index (χ0n) is 12.6. The number of hydrogen-bond donors (Lipinski definition) is 1. The fourth-order valence-electron chi connectivity index (χ4n) is 2.54. The van der Waals surface area contributed by atoms with E-state index in [1.54, 1.807) is 6.33 Å². The minimum absolute atomic E-state index is 0.527. The molecule has 2 rings (SSSR count). The molecule has 1 heterocycles. The molecule has 0 saturated carbocycles. The third kappa shape index (κ3) is 3.38. The van der Waals surface area contributed by atoms with Gasteiger partial charge in [0.05, 0.1) is 0 Å². The Balaban J connectivity index is 2.26. The number of benzene rings is 1. The third-order valence-electron chi connectivity index (χ3n) is 3.51. The van der Waals surface area contributed by atoms with Crippen LogP contribution < -0.4 is 5.32 Å². The summed E-state index contributed by atoms with van der Waals surface area (Å²) < 4.78 is 1.95. The molecule has 0 amide bonds. The van der Waals surface area contributed by atoms with Crippen molar-refractivity contribution in [3.05, 3.63) is 30.6 Å². The normalized spacial score (nSPS) is 11.0. The highest BCUT2D eigenvalue weighted by Gasteiger charge is 2.13. The van der Waals surface area contributed by atoms with E-state index in [1.807, 2.05) is 17.7 Å². The Morgan fingerprint density at radius 1 is 1.15 bits per heavy atom. The van der Waals surface area contributed by atoms with E-state index in [0.717, 1.165) is 17.1 Å². The topological polar surface area (TPSA) is 42.7 Å². The van der Waals surface area contributed by atoms with Gasteiger partial charge in [0.1, 0.15) is 6.33 Å². The molecule has 4 heteroatoms. The predicted octanol–water partition coefficient (Wildman–Crippen LogP) is 3.86. The number of para-hydroxylation sites is 1. The van der Waals surface area contributed by atoms with Crippen molar-refractivity contribution < 1.29 is 0 Å². The molecule has 0 atom stereocenters. The van der Waals surface area contributed by atoms with Gasteiger partial charge in [0.15, 0.2) is 5.82 Å². The first-order chi connectivity index (χ1) is 9.76. The van der Waals surface area contributed by atoms with Crippen LogP contribution in [0.5, 0.6) is 0 Å². The van der Waals surface area contributed by atoms with Crippen LogP contribution in [-0.2, 0) is 7.05 Å². The molecule has 0 aliphatic rings. The van der Waals surface area contributed by atoms with Crippen LogP contribution in [0, 0.1) is 0 Å². The molecular formula is C16H24N4. The maximum Gasteiger partial charge on any atom is 0.165 e. The van der Waals surface area contributed by atoms with Crippen molar-refractivity contribution in [1.82, 2.24) is 14.8 Å². The van der Waals surface area contributed by atoms with E-state index >= 15 is 0 Å². The summed E-state index contributed by atoms with van der Waals surface area (Å²) in [6, 6.07) is 8.87. The van der Waals surface area contributed by atoms with Gasteiger partial charge in [0.25, 0.3) is 0 Å². The summed E-state index contributed by atoms with van der Waals surface area (Å²) in [4.78, 5) is 0. The Bertz CT molecular complexity index is 527. The molecule has 1 N–H and O–H groups in total. The quantitative estimate of drug-likeness (QED) is 0.832. The van der Waals surface area contributed by atoms with Crippen LogP contribution in [0.1, 0.15) is 39.5 Å². The highest BCUT2D eigenvalue weighted by atomic mass is 15.2. The van der Waals surface area contributed by atoms with Crippen molar-refractivity contribution in [2.24, 2.45) is 7.05 Å². The van der Waals surface area contributed by atoms with Crippen molar-refractivity contribution in [2.75, 3.05) is 5.32 Å². The molecule has 0 aliphatic heterocycles. The second-order valence-electron chi connectivity index (χ2n) is 5.23. The average Bonchev–Trinajstić information content (AvgIpc) is 2.86. The van der Waals surface area contributed by atoms with Crippen LogP contribution in [0.3, 0.4) is 0 Å². The molecule has 1 aromatic carbocycles. The number of nitrogens with one attached hydrogen (secondary N) is 1. The van der Waals surface area contributed by atoms with E-state index in [-0.39, 0.29) is 0 Å². The minimum atomic E-state index is 0.527. The maximum absolute atomic E-state index is 4.22. The summed E-state index contributed by atoms with van der Waals surface area (Å²) in [5, 5.41) is 11.9. The second kappa shape index (κ2) is 7.08. The van der Waals surface area contributed by atoms with E-state index in [4.69, 9.17) is 0 Å². The van der Waals surface area contributed by atoms with Gasteiger partial charge in [-0.25, -0.2) is 0 Å². The van der Waals surface area contributed by atoms with Gasteiger partial charge in [-0.2, -0.15) is 0 Å². The second-order valence-corrected chi connectivity index (χ2v) is 5.23. The molecule has 20 heavy (non-hydrogen) atoms. The molecule has 0 unspecified atom stereocenters. The van der Waals surface area contributed by atoms with Crippen LogP contribution in [0.15, 0.2) is 30.6 Å². The van der Waals surface area contributed by atoms with Crippen LogP contribution in [0.25, 0.3) is 11.4 Å². The standard InChI is InChI=1S/C16H24N4/c1-4-8-13(9-5-2)18-15-11-7-6-10-14(15)16-19-17-12-20(16)3/h6-7,10-13,18H,4-5,8-9H2,1-3H3. The van der Waals surface area contributed by atoms with Gasteiger partial charge in [0.2, 0.25) is 0 Å². The lowest BCUT2D eigenvalue weighted by molar-refractivity contribution is 0.586. The van der Waals surface area contributed by atoms with E-state index in [0.29, 0.717) is 6.04 Å². The Morgan fingerprint density at radius 3 is 2.45 bits per heavy atom. The number of hydrogen-bond acceptors (Lipinski definition) is 3. The smallest absolute Gasteiger partial charge is 0.165 e. The zero-order valence-corrected chi connectivity index (χ0v) is 12.6. The molecule has 2 aromatic rings. The van der Waals surface area contributed by atoms with E-state index < -0.39 is 0 Å². The van der Waals surface area contributed by atoms with Gasteiger partial charge in [-0.05, 0) is 25.0 Å². The lowest BCUT2D eigenvalue weighted by Crippen LogP contribution is -2.19. The van der Waals surface area contributed by atoms with Crippen molar-refractivity contribution in [3.8, 4) is 11.4 Å². The monoisotopic (exact) mass is 272 g/mol. The highest BCUT2D eigenvalue weighted by molar-refractivity contribution is 5.73. The van der Waals surface area contributed by atoms with E-state index in [9.17, 15) is 0 Å².